The van der Waals surface area contributed by atoms with Crippen molar-refractivity contribution in [3.05, 3.63) is 35.6 Å². The molecule has 0 radical (unpaired) electrons. The molecule has 6 heteroatoms. The number of piperidine rings is 1. The molecule has 2 aliphatic heterocycles. The van der Waals surface area contributed by atoms with Gasteiger partial charge < -0.3 is 15.1 Å². The molecule has 31 heavy (non-hydrogen) atoms. The Labute approximate surface area is 185 Å². The molecule has 170 valence electrons. The van der Waals surface area contributed by atoms with Gasteiger partial charge in [0.05, 0.1) is 0 Å². The second kappa shape index (κ2) is 10.1. The molecule has 1 saturated carbocycles. The van der Waals surface area contributed by atoms with Crippen molar-refractivity contribution in [1.82, 2.24) is 15.1 Å². The van der Waals surface area contributed by atoms with Gasteiger partial charge in [0, 0.05) is 57.0 Å². The number of halogens is 1. The largest absolute Gasteiger partial charge is 0.353 e. The van der Waals surface area contributed by atoms with Crippen molar-refractivity contribution in [2.45, 2.75) is 75.7 Å². The van der Waals surface area contributed by atoms with Crippen LogP contribution in [-0.4, -0.2) is 60.4 Å². The molecule has 0 spiro atoms. The standard InChI is InChI=1S/C25H36FN3O2/c26-21-7-3-6-20(18-21)25(12-1-2-13-25)19-28-16-10-22(11-17-28)27-23(30)8-4-14-29-15-5-9-24(29)31/h3,6-7,18,22H,1-2,4-5,8-17,19H2,(H,27,30). The molecule has 2 amide bonds. The van der Waals surface area contributed by atoms with E-state index in [0.29, 0.717) is 19.4 Å². The third-order valence-corrected chi connectivity index (χ3v) is 7.48. The molecule has 3 aliphatic rings. The molecule has 3 fully saturated rings. The Balaban J connectivity index is 1.21. The average Bonchev–Trinajstić information content (AvgIpc) is 3.39. The lowest BCUT2D eigenvalue weighted by atomic mass is 9.78. The van der Waals surface area contributed by atoms with Crippen LogP contribution in [0.4, 0.5) is 4.39 Å². The summed E-state index contributed by atoms with van der Waals surface area (Å²) in [4.78, 5) is 28.4. The quantitative estimate of drug-likeness (QED) is 0.687. The van der Waals surface area contributed by atoms with Gasteiger partial charge >= 0.3 is 0 Å². The van der Waals surface area contributed by atoms with Gasteiger partial charge in [-0.15, -0.1) is 0 Å². The minimum Gasteiger partial charge on any atom is -0.353 e. The fourth-order valence-electron chi connectivity index (χ4n) is 5.74. The third kappa shape index (κ3) is 5.65. The molecule has 0 unspecified atom stereocenters. The summed E-state index contributed by atoms with van der Waals surface area (Å²) in [7, 11) is 0. The summed E-state index contributed by atoms with van der Waals surface area (Å²) in [5, 5.41) is 3.20. The van der Waals surface area contributed by atoms with E-state index in [1.807, 2.05) is 11.0 Å². The van der Waals surface area contributed by atoms with Crippen LogP contribution in [-0.2, 0) is 15.0 Å². The van der Waals surface area contributed by atoms with Crippen LogP contribution in [0.3, 0.4) is 0 Å². The van der Waals surface area contributed by atoms with E-state index in [-0.39, 0.29) is 29.1 Å². The maximum atomic E-state index is 13.9. The molecule has 1 aromatic carbocycles. The van der Waals surface area contributed by atoms with Crippen LogP contribution < -0.4 is 5.32 Å². The fourth-order valence-corrected chi connectivity index (χ4v) is 5.74. The highest BCUT2D eigenvalue weighted by molar-refractivity contribution is 5.78. The van der Waals surface area contributed by atoms with Crippen molar-refractivity contribution < 1.29 is 14.0 Å². The van der Waals surface area contributed by atoms with Crippen molar-refractivity contribution in [1.29, 1.82) is 0 Å². The summed E-state index contributed by atoms with van der Waals surface area (Å²) in [5.41, 5.74) is 1.22. The Morgan fingerprint density at radius 3 is 2.58 bits per heavy atom. The van der Waals surface area contributed by atoms with E-state index >= 15 is 0 Å². The molecule has 5 nitrogen and oxygen atoms in total. The number of amides is 2. The topological polar surface area (TPSA) is 52.7 Å². The number of benzene rings is 1. The molecule has 1 N–H and O–H groups in total. The zero-order valence-electron chi connectivity index (χ0n) is 18.6. The second-order valence-electron chi connectivity index (χ2n) is 9.70. The van der Waals surface area contributed by atoms with Crippen LogP contribution >= 0.6 is 0 Å². The van der Waals surface area contributed by atoms with E-state index in [9.17, 15) is 14.0 Å². The minimum absolute atomic E-state index is 0.0746. The van der Waals surface area contributed by atoms with Gasteiger partial charge in [-0.2, -0.15) is 0 Å². The van der Waals surface area contributed by atoms with Crippen LogP contribution in [0.5, 0.6) is 0 Å². The van der Waals surface area contributed by atoms with Crippen molar-refractivity contribution in [2.75, 3.05) is 32.7 Å². The van der Waals surface area contributed by atoms with Crippen molar-refractivity contribution in [3.63, 3.8) is 0 Å². The molecule has 1 aliphatic carbocycles. The number of likely N-dealkylation sites (tertiary alicyclic amines) is 2. The second-order valence-corrected chi connectivity index (χ2v) is 9.70. The Kier molecular flexibility index (Phi) is 7.26. The first kappa shape index (κ1) is 22.3. The summed E-state index contributed by atoms with van der Waals surface area (Å²) in [6.07, 6.45) is 9.47. The first-order chi connectivity index (χ1) is 15.0. The zero-order valence-corrected chi connectivity index (χ0v) is 18.6. The third-order valence-electron chi connectivity index (χ3n) is 7.48. The number of rotatable bonds is 8. The molecular weight excluding hydrogens is 393 g/mol. The molecule has 1 aromatic rings. The van der Waals surface area contributed by atoms with Gasteiger partial charge in [0.25, 0.3) is 0 Å². The highest BCUT2D eigenvalue weighted by Crippen LogP contribution is 2.42. The first-order valence-corrected chi connectivity index (χ1v) is 12.1. The number of nitrogens with one attached hydrogen (secondary N) is 1. The van der Waals surface area contributed by atoms with E-state index in [1.165, 1.54) is 18.9 Å². The van der Waals surface area contributed by atoms with Gasteiger partial charge in [-0.1, -0.05) is 25.0 Å². The predicted molar refractivity (Wildman–Crippen MR) is 119 cm³/mol. The minimum atomic E-state index is -0.140. The van der Waals surface area contributed by atoms with Crippen LogP contribution in [0.2, 0.25) is 0 Å². The van der Waals surface area contributed by atoms with E-state index in [0.717, 1.165) is 70.3 Å². The highest BCUT2D eigenvalue weighted by Gasteiger charge is 2.38. The maximum absolute atomic E-state index is 13.9. The van der Waals surface area contributed by atoms with Gasteiger partial charge in [-0.05, 0) is 56.2 Å². The monoisotopic (exact) mass is 429 g/mol. The maximum Gasteiger partial charge on any atom is 0.222 e. The van der Waals surface area contributed by atoms with Gasteiger partial charge in [-0.25, -0.2) is 4.39 Å². The van der Waals surface area contributed by atoms with Crippen LogP contribution in [0.1, 0.15) is 69.8 Å². The van der Waals surface area contributed by atoms with Gasteiger partial charge in [-0.3, -0.25) is 9.59 Å². The molecule has 0 aromatic heterocycles. The summed E-state index contributed by atoms with van der Waals surface area (Å²) in [6.45, 7) is 4.48. The Bertz CT molecular complexity index is 770. The molecule has 4 rings (SSSR count). The van der Waals surface area contributed by atoms with E-state index in [1.54, 1.807) is 6.07 Å². The summed E-state index contributed by atoms with van der Waals surface area (Å²) >= 11 is 0. The van der Waals surface area contributed by atoms with Crippen molar-refractivity contribution >= 4 is 11.8 Å². The molecule has 2 saturated heterocycles. The number of carbonyl (C=O) groups is 2. The lowest BCUT2D eigenvalue weighted by Gasteiger charge is -2.39. The Hall–Kier alpha value is -1.95. The smallest absolute Gasteiger partial charge is 0.222 e. The summed E-state index contributed by atoms with van der Waals surface area (Å²) in [5.74, 6) is 0.197. The van der Waals surface area contributed by atoms with Gasteiger partial charge in [0.15, 0.2) is 0 Å². The van der Waals surface area contributed by atoms with E-state index in [4.69, 9.17) is 0 Å². The lowest BCUT2D eigenvalue weighted by molar-refractivity contribution is -0.128. The Morgan fingerprint density at radius 1 is 1.13 bits per heavy atom. The van der Waals surface area contributed by atoms with Crippen LogP contribution in [0, 0.1) is 5.82 Å². The van der Waals surface area contributed by atoms with Crippen LogP contribution in [0.15, 0.2) is 24.3 Å². The molecule has 2 heterocycles. The summed E-state index contributed by atoms with van der Waals surface area (Å²) in [6, 6.07) is 7.44. The lowest BCUT2D eigenvalue weighted by Crippen LogP contribution is -2.48. The number of hydrogen-bond donors (Lipinski definition) is 1. The van der Waals surface area contributed by atoms with E-state index in [2.05, 4.69) is 16.3 Å². The highest BCUT2D eigenvalue weighted by atomic mass is 19.1. The fraction of sp³-hybridized carbons (Fsp3) is 0.680. The summed E-state index contributed by atoms with van der Waals surface area (Å²) < 4.78 is 13.9. The SMILES string of the molecule is O=C(CCCN1CCCC1=O)NC1CCN(CC2(c3cccc(F)c3)CCCC2)CC1. The normalized spacial score (nSPS) is 22.2. The average molecular weight is 430 g/mol. The van der Waals surface area contributed by atoms with Gasteiger partial charge in [0.2, 0.25) is 11.8 Å². The number of hydrogen-bond acceptors (Lipinski definition) is 3. The predicted octanol–water partition coefficient (Wildman–Crippen LogP) is 3.62. The number of carbonyl (C=O) groups excluding carboxylic acids is 2. The van der Waals surface area contributed by atoms with Crippen molar-refractivity contribution in [3.8, 4) is 0 Å². The van der Waals surface area contributed by atoms with Crippen LogP contribution in [0.25, 0.3) is 0 Å². The Morgan fingerprint density at radius 2 is 1.90 bits per heavy atom. The van der Waals surface area contributed by atoms with Gasteiger partial charge in [0.1, 0.15) is 5.82 Å². The first-order valence-electron chi connectivity index (χ1n) is 12.1. The molecular formula is C25H36FN3O2. The van der Waals surface area contributed by atoms with Crippen molar-refractivity contribution in [2.24, 2.45) is 0 Å². The molecule has 0 bridgehead atoms. The molecule has 0 atom stereocenters. The van der Waals surface area contributed by atoms with E-state index < -0.39 is 0 Å². The zero-order chi connectivity index (χ0) is 21.7. The number of nitrogens with zero attached hydrogens (tertiary/aromatic N) is 2.